The summed E-state index contributed by atoms with van der Waals surface area (Å²) in [6.45, 7) is 4.44. The molecule has 1 saturated heterocycles. The summed E-state index contributed by atoms with van der Waals surface area (Å²) in [6, 6.07) is 0. The number of aliphatic imine (C=N–C) groups is 1. The lowest BCUT2D eigenvalue weighted by atomic mass is 9.92. The molecule has 0 aromatic carbocycles. The van der Waals surface area contributed by atoms with Gasteiger partial charge in [0.15, 0.2) is 5.16 Å². The van der Waals surface area contributed by atoms with E-state index in [1.165, 1.54) is 10.5 Å². The first-order chi connectivity index (χ1) is 14.1. The van der Waals surface area contributed by atoms with Gasteiger partial charge in [0, 0.05) is 30.5 Å². The van der Waals surface area contributed by atoms with Gasteiger partial charge in [-0.15, -0.1) is 0 Å². The van der Waals surface area contributed by atoms with E-state index < -0.39 is 11.3 Å². The fourth-order valence-corrected chi connectivity index (χ4v) is 5.30. The Hall–Kier alpha value is -1.66. The fraction of sp³-hybridized carbons (Fsp3) is 0.556. The van der Waals surface area contributed by atoms with Crippen molar-refractivity contribution in [3.63, 3.8) is 0 Å². The summed E-state index contributed by atoms with van der Waals surface area (Å²) in [7, 11) is 0. The molecule has 0 bridgehead atoms. The summed E-state index contributed by atoms with van der Waals surface area (Å²) >= 11 is -0.390. The van der Waals surface area contributed by atoms with Gasteiger partial charge in [-0.1, -0.05) is 24.8 Å². The predicted octanol–water partition coefficient (Wildman–Crippen LogP) is 1.82. The van der Waals surface area contributed by atoms with Gasteiger partial charge in [0.25, 0.3) is 0 Å². The number of hydrogen-bond acceptors (Lipinski definition) is 7. The van der Waals surface area contributed by atoms with Crippen LogP contribution in [0.4, 0.5) is 5.82 Å². The maximum atomic E-state index is 10.8. The molecule has 0 amide bonds. The summed E-state index contributed by atoms with van der Waals surface area (Å²) in [5.41, 5.74) is 8.05. The summed E-state index contributed by atoms with van der Waals surface area (Å²) in [5, 5.41) is 4.09. The van der Waals surface area contributed by atoms with E-state index >= 15 is 0 Å². The Labute approximate surface area is 176 Å². The van der Waals surface area contributed by atoms with Crippen molar-refractivity contribution >= 4 is 34.7 Å². The van der Waals surface area contributed by atoms with Gasteiger partial charge in [0.2, 0.25) is 11.3 Å². The lowest BCUT2D eigenvalue weighted by Crippen LogP contribution is -2.24. The first-order valence-electron chi connectivity index (χ1n) is 9.78. The zero-order valence-corrected chi connectivity index (χ0v) is 17.9. The highest BCUT2D eigenvalue weighted by Gasteiger charge is 2.31. The number of amidine groups is 1. The third kappa shape index (κ3) is 4.43. The molecule has 3 aliphatic rings. The molecule has 3 unspecified atom stereocenters. The average Bonchev–Trinajstić information content (AvgIpc) is 3.29. The SMILES string of the molecule is CCC1=CC2CCOC2C=C1Sc1nc2c(n1CCCNS(=O)O)NCN=C2N. The summed E-state index contributed by atoms with van der Waals surface area (Å²) < 4.78 is 30.2. The molecular formula is C18H26N6O3S2. The predicted molar refractivity (Wildman–Crippen MR) is 115 cm³/mol. The van der Waals surface area contributed by atoms with E-state index in [2.05, 4.69) is 38.7 Å². The Balaban J connectivity index is 1.60. The second-order valence-electron chi connectivity index (χ2n) is 7.08. The molecule has 4 rings (SSSR count). The monoisotopic (exact) mass is 438 g/mol. The van der Waals surface area contributed by atoms with Gasteiger partial charge in [0.1, 0.15) is 24.0 Å². The Morgan fingerprint density at radius 1 is 1.52 bits per heavy atom. The molecule has 0 radical (unpaired) electrons. The van der Waals surface area contributed by atoms with Crippen molar-refractivity contribution in [3.8, 4) is 0 Å². The number of nitrogens with one attached hydrogen (secondary N) is 2. The standard InChI is InChI=1S/C18H26N6O3S2/c1-2-11-8-12-4-7-27-13(12)9-14(11)28-18-23-15-16(19)20-10-21-17(15)24(18)6-3-5-22-29(25)26/h8-9,12-13,21-22H,2-7,10H2,1H3,(H2,19,20)(H,25,26). The van der Waals surface area contributed by atoms with Gasteiger partial charge >= 0.3 is 0 Å². The maximum absolute atomic E-state index is 10.8. The van der Waals surface area contributed by atoms with Crippen molar-refractivity contribution in [2.24, 2.45) is 16.6 Å². The van der Waals surface area contributed by atoms with Crippen LogP contribution in [0, 0.1) is 5.92 Å². The number of anilines is 1. The Bertz CT molecular complexity index is 894. The first kappa shape index (κ1) is 20.6. The van der Waals surface area contributed by atoms with E-state index in [0.717, 1.165) is 30.4 Å². The normalized spacial score (nSPS) is 24.1. The highest BCUT2D eigenvalue weighted by atomic mass is 32.2. The molecule has 29 heavy (non-hydrogen) atoms. The summed E-state index contributed by atoms with van der Waals surface area (Å²) in [4.78, 5) is 10.2. The van der Waals surface area contributed by atoms with E-state index in [1.807, 2.05) is 0 Å². The third-order valence-corrected chi connectivity index (χ3v) is 6.83. The molecule has 1 fully saturated rings. The highest BCUT2D eigenvalue weighted by Crippen LogP contribution is 2.41. The van der Waals surface area contributed by atoms with Crippen molar-refractivity contribution in [2.45, 2.75) is 44.0 Å². The largest absolute Gasteiger partial charge is 0.382 e. The Morgan fingerprint density at radius 2 is 2.38 bits per heavy atom. The number of ether oxygens (including phenoxy) is 1. The number of thioether (sulfide) groups is 1. The van der Waals surface area contributed by atoms with Crippen LogP contribution in [0.15, 0.2) is 32.8 Å². The minimum Gasteiger partial charge on any atom is -0.382 e. The Morgan fingerprint density at radius 3 is 3.17 bits per heavy atom. The molecule has 5 N–H and O–H groups in total. The average molecular weight is 439 g/mol. The van der Waals surface area contributed by atoms with Crippen LogP contribution in [0.3, 0.4) is 0 Å². The van der Waals surface area contributed by atoms with Crippen molar-refractivity contribution in [2.75, 3.05) is 25.1 Å². The smallest absolute Gasteiger partial charge is 0.231 e. The molecule has 2 aliphatic heterocycles. The molecule has 0 spiro atoms. The van der Waals surface area contributed by atoms with Crippen LogP contribution < -0.4 is 15.8 Å². The van der Waals surface area contributed by atoms with E-state index in [0.29, 0.717) is 43.6 Å². The molecule has 9 nitrogen and oxygen atoms in total. The molecule has 3 heterocycles. The fourth-order valence-electron chi connectivity index (χ4n) is 3.81. The van der Waals surface area contributed by atoms with Crippen LogP contribution in [0.5, 0.6) is 0 Å². The number of rotatable bonds is 8. The molecular weight excluding hydrogens is 412 g/mol. The van der Waals surface area contributed by atoms with Gasteiger partial charge < -0.3 is 20.4 Å². The number of nitrogens with zero attached hydrogens (tertiary/aromatic N) is 3. The van der Waals surface area contributed by atoms with Gasteiger partial charge in [-0.05, 0) is 30.9 Å². The maximum Gasteiger partial charge on any atom is 0.231 e. The van der Waals surface area contributed by atoms with Crippen LogP contribution in [-0.2, 0) is 22.5 Å². The van der Waals surface area contributed by atoms with Crippen molar-refractivity contribution < 1.29 is 13.5 Å². The quantitative estimate of drug-likeness (QED) is 0.360. The van der Waals surface area contributed by atoms with Crippen molar-refractivity contribution in [3.05, 3.63) is 28.3 Å². The highest BCUT2D eigenvalue weighted by molar-refractivity contribution is 8.03. The molecule has 11 heteroatoms. The zero-order chi connectivity index (χ0) is 20.4. The number of allylic oxidation sites excluding steroid dienone is 1. The number of imidazole rings is 1. The van der Waals surface area contributed by atoms with Crippen molar-refractivity contribution in [1.29, 1.82) is 0 Å². The summed E-state index contributed by atoms with van der Waals surface area (Å²) in [6.07, 6.45) is 7.41. The lowest BCUT2D eigenvalue weighted by molar-refractivity contribution is 0.134. The molecule has 1 aromatic rings. The van der Waals surface area contributed by atoms with E-state index in [4.69, 9.17) is 20.0 Å². The number of fused-ring (bicyclic) bond motifs is 2. The van der Waals surface area contributed by atoms with Crippen LogP contribution in [0.2, 0.25) is 0 Å². The van der Waals surface area contributed by atoms with Crippen LogP contribution in [0.25, 0.3) is 0 Å². The zero-order valence-electron chi connectivity index (χ0n) is 16.3. The first-order valence-corrected chi connectivity index (χ1v) is 11.7. The number of aromatic nitrogens is 2. The van der Waals surface area contributed by atoms with Gasteiger partial charge in [0.05, 0.1) is 6.10 Å². The third-order valence-electron chi connectivity index (χ3n) is 5.27. The van der Waals surface area contributed by atoms with E-state index in [9.17, 15) is 4.21 Å². The molecule has 3 atom stereocenters. The van der Waals surface area contributed by atoms with Crippen LogP contribution in [0.1, 0.15) is 31.9 Å². The summed E-state index contributed by atoms with van der Waals surface area (Å²) in [5.74, 6) is 1.74. The second-order valence-corrected chi connectivity index (χ2v) is 8.88. The van der Waals surface area contributed by atoms with Gasteiger partial charge in [-0.25, -0.2) is 18.9 Å². The van der Waals surface area contributed by atoms with Crippen molar-refractivity contribution in [1.82, 2.24) is 14.3 Å². The van der Waals surface area contributed by atoms with Gasteiger partial charge in [-0.2, -0.15) is 0 Å². The van der Waals surface area contributed by atoms with Gasteiger partial charge in [-0.3, -0.25) is 4.55 Å². The molecule has 1 aromatic heterocycles. The van der Waals surface area contributed by atoms with E-state index in [1.54, 1.807) is 11.8 Å². The molecule has 0 saturated carbocycles. The van der Waals surface area contributed by atoms with Crippen LogP contribution in [-0.4, -0.2) is 50.1 Å². The molecule has 1 aliphatic carbocycles. The lowest BCUT2D eigenvalue weighted by Gasteiger charge is -2.23. The van der Waals surface area contributed by atoms with E-state index in [-0.39, 0.29) is 6.10 Å². The minimum atomic E-state index is -2.01. The van der Waals surface area contributed by atoms with Crippen LogP contribution >= 0.6 is 11.8 Å². The topological polar surface area (TPSA) is 127 Å². The number of hydrogen-bond donors (Lipinski definition) is 4. The second kappa shape index (κ2) is 9.00. The minimum absolute atomic E-state index is 0.138. The molecule has 158 valence electrons. The Kier molecular flexibility index (Phi) is 6.40. The number of nitrogens with two attached hydrogens (primary N) is 1.